The van der Waals surface area contributed by atoms with Crippen LogP contribution in [0.15, 0.2) is 18.2 Å². The highest BCUT2D eigenvalue weighted by atomic mass is 35.7. The second-order valence-corrected chi connectivity index (χ2v) is 4.04. The Hall–Kier alpha value is -0.170. The van der Waals surface area contributed by atoms with Crippen molar-refractivity contribution < 1.29 is 9.05 Å². The predicted molar refractivity (Wildman–Crippen MR) is 45.5 cm³/mol. The zero-order valence-corrected chi connectivity index (χ0v) is 7.66. The van der Waals surface area contributed by atoms with Gasteiger partial charge in [-0.1, -0.05) is 11.6 Å². The Balaban J connectivity index is 2.43. The summed E-state index contributed by atoms with van der Waals surface area (Å²) >= 11 is 11.3. The Bertz CT molecular complexity index is 292. The van der Waals surface area contributed by atoms with Crippen molar-refractivity contribution in [3.8, 4) is 11.5 Å². The molecule has 2 rings (SSSR count). The van der Waals surface area contributed by atoms with Crippen LogP contribution in [0.4, 0.5) is 0 Å². The summed E-state index contributed by atoms with van der Waals surface area (Å²) in [6, 6.07) is 5.15. The number of hydrogen-bond acceptors (Lipinski definition) is 2. The SMILES string of the molecule is Clc1ccc2c(c1)OP(Cl)O2. The molecular weight excluding hydrogens is 206 g/mol. The molecule has 2 nitrogen and oxygen atoms in total. The van der Waals surface area contributed by atoms with Gasteiger partial charge in [-0.25, -0.2) is 0 Å². The van der Waals surface area contributed by atoms with Crippen molar-refractivity contribution in [1.82, 2.24) is 0 Å². The van der Waals surface area contributed by atoms with Gasteiger partial charge in [0.1, 0.15) is 0 Å². The Morgan fingerprint density at radius 2 is 1.91 bits per heavy atom. The first-order chi connectivity index (χ1) is 5.25. The largest absolute Gasteiger partial charge is 0.423 e. The van der Waals surface area contributed by atoms with E-state index in [2.05, 4.69) is 0 Å². The summed E-state index contributed by atoms with van der Waals surface area (Å²) in [6.45, 7) is 0. The van der Waals surface area contributed by atoms with Crippen LogP contribution in [0.25, 0.3) is 0 Å². The van der Waals surface area contributed by atoms with Gasteiger partial charge in [-0.2, -0.15) is 0 Å². The first-order valence-corrected chi connectivity index (χ1v) is 5.33. The molecule has 0 fully saturated rings. The predicted octanol–water partition coefficient (Wildman–Crippen LogP) is 3.58. The first-order valence-electron chi connectivity index (χ1n) is 2.87. The maximum Gasteiger partial charge on any atom is 0.401 e. The van der Waals surface area contributed by atoms with Crippen LogP contribution >= 0.6 is 30.6 Å². The molecule has 1 aromatic carbocycles. The van der Waals surface area contributed by atoms with Gasteiger partial charge >= 0.3 is 7.73 Å². The van der Waals surface area contributed by atoms with E-state index in [1.165, 1.54) is 0 Å². The van der Waals surface area contributed by atoms with Crippen LogP contribution in [0.5, 0.6) is 11.5 Å². The Morgan fingerprint density at radius 3 is 2.73 bits per heavy atom. The van der Waals surface area contributed by atoms with Crippen molar-refractivity contribution in [2.75, 3.05) is 0 Å². The van der Waals surface area contributed by atoms with Crippen molar-refractivity contribution in [2.45, 2.75) is 0 Å². The molecule has 5 heteroatoms. The minimum atomic E-state index is -1.29. The molecule has 1 unspecified atom stereocenters. The number of halogens is 2. The molecule has 58 valence electrons. The summed E-state index contributed by atoms with van der Waals surface area (Å²) in [4.78, 5) is 0. The van der Waals surface area contributed by atoms with E-state index in [9.17, 15) is 0 Å². The number of rotatable bonds is 0. The third-order valence-electron chi connectivity index (χ3n) is 1.25. The lowest BCUT2D eigenvalue weighted by Crippen LogP contribution is -1.72. The van der Waals surface area contributed by atoms with Crippen LogP contribution in [0.3, 0.4) is 0 Å². The standard InChI is InChI=1S/C6H3Cl2O2P/c7-4-1-2-5-6(3-4)10-11(8)9-5/h1-3H. The zero-order chi connectivity index (χ0) is 7.84. The maximum absolute atomic E-state index is 5.70. The molecule has 0 radical (unpaired) electrons. The molecule has 0 saturated heterocycles. The lowest BCUT2D eigenvalue weighted by Gasteiger charge is -1.93. The summed E-state index contributed by atoms with van der Waals surface area (Å²) in [7, 11) is -1.29. The molecule has 0 amide bonds. The molecular formula is C6H3Cl2O2P. The average Bonchev–Trinajstić information content (AvgIpc) is 2.27. The molecule has 0 bridgehead atoms. The maximum atomic E-state index is 5.70. The van der Waals surface area contributed by atoms with Gasteiger partial charge in [0.15, 0.2) is 11.5 Å². The van der Waals surface area contributed by atoms with E-state index in [1.807, 2.05) is 0 Å². The van der Waals surface area contributed by atoms with Gasteiger partial charge in [0.2, 0.25) is 0 Å². The first kappa shape index (κ1) is 7.48. The lowest BCUT2D eigenvalue weighted by molar-refractivity contribution is 0.595. The van der Waals surface area contributed by atoms with Crippen LogP contribution in [-0.2, 0) is 0 Å². The van der Waals surface area contributed by atoms with E-state index in [1.54, 1.807) is 18.2 Å². The molecule has 0 N–H and O–H groups in total. The van der Waals surface area contributed by atoms with Gasteiger partial charge in [0.25, 0.3) is 0 Å². The molecule has 0 aliphatic carbocycles. The molecule has 11 heavy (non-hydrogen) atoms. The number of hydrogen-bond donors (Lipinski definition) is 0. The van der Waals surface area contributed by atoms with Crippen LogP contribution in [0, 0.1) is 0 Å². The van der Waals surface area contributed by atoms with Crippen LogP contribution in [0.2, 0.25) is 5.02 Å². The van der Waals surface area contributed by atoms with Gasteiger partial charge in [0.05, 0.1) is 0 Å². The van der Waals surface area contributed by atoms with Crippen LogP contribution < -0.4 is 9.05 Å². The summed E-state index contributed by atoms with van der Waals surface area (Å²) < 4.78 is 10.2. The van der Waals surface area contributed by atoms with E-state index >= 15 is 0 Å². The van der Waals surface area contributed by atoms with Crippen molar-refractivity contribution in [1.29, 1.82) is 0 Å². The van der Waals surface area contributed by atoms with Gasteiger partial charge in [0, 0.05) is 11.1 Å². The summed E-state index contributed by atoms with van der Waals surface area (Å²) in [5.74, 6) is 1.29. The Labute approximate surface area is 74.7 Å². The molecule has 1 aliphatic heterocycles. The fraction of sp³-hybridized carbons (Fsp3) is 0. The van der Waals surface area contributed by atoms with E-state index in [0.717, 1.165) is 0 Å². The van der Waals surface area contributed by atoms with E-state index in [0.29, 0.717) is 16.5 Å². The molecule has 0 spiro atoms. The average molecular weight is 209 g/mol. The van der Waals surface area contributed by atoms with Crippen molar-refractivity contribution >= 4 is 30.6 Å². The summed E-state index contributed by atoms with van der Waals surface area (Å²) in [5.41, 5.74) is 0. The van der Waals surface area contributed by atoms with Gasteiger partial charge < -0.3 is 9.05 Å². The van der Waals surface area contributed by atoms with E-state index in [4.69, 9.17) is 31.9 Å². The summed E-state index contributed by atoms with van der Waals surface area (Å²) in [5, 5.41) is 0.620. The second-order valence-electron chi connectivity index (χ2n) is 1.99. The second kappa shape index (κ2) is 2.71. The van der Waals surface area contributed by atoms with Crippen LogP contribution in [0.1, 0.15) is 0 Å². The highest BCUT2D eigenvalue weighted by molar-refractivity contribution is 7.76. The fourth-order valence-electron chi connectivity index (χ4n) is 0.802. The smallest absolute Gasteiger partial charge is 0.401 e. The minimum absolute atomic E-state index is 0.620. The molecule has 1 aliphatic rings. The van der Waals surface area contributed by atoms with Gasteiger partial charge in [-0.3, -0.25) is 0 Å². The normalized spacial score (nSPS) is 20.4. The number of fused-ring (bicyclic) bond motifs is 1. The van der Waals surface area contributed by atoms with Crippen molar-refractivity contribution in [3.05, 3.63) is 23.2 Å². The number of benzene rings is 1. The van der Waals surface area contributed by atoms with Crippen LogP contribution in [-0.4, -0.2) is 0 Å². The Kier molecular flexibility index (Phi) is 1.84. The topological polar surface area (TPSA) is 18.5 Å². The molecule has 0 aromatic heterocycles. The van der Waals surface area contributed by atoms with Gasteiger partial charge in [-0.15, -0.1) is 0 Å². The van der Waals surface area contributed by atoms with E-state index in [-0.39, 0.29) is 0 Å². The quantitative estimate of drug-likeness (QED) is 0.608. The lowest BCUT2D eigenvalue weighted by atomic mass is 10.3. The molecule has 1 heterocycles. The van der Waals surface area contributed by atoms with Crippen molar-refractivity contribution in [2.24, 2.45) is 0 Å². The highest BCUT2D eigenvalue weighted by Crippen LogP contribution is 2.55. The summed E-state index contributed by atoms with van der Waals surface area (Å²) in [6.07, 6.45) is 0. The molecule has 0 saturated carbocycles. The molecule has 1 aromatic rings. The van der Waals surface area contributed by atoms with Crippen molar-refractivity contribution in [3.63, 3.8) is 0 Å². The minimum Gasteiger partial charge on any atom is -0.423 e. The third-order valence-corrected chi connectivity index (χ3v) is 2.58. The molecule has 1 atom stereocenters. The zero-order valence-electron chi connectivity index (χ0n) is 5.25. The Morgan fingerprint density at radius 1 is 1.18 bits per heavy atom. The van der Waals surface area contributed by atoms with Gasteiger partial charge in [-0.05, 0) is 23.4 Å². The van der Waals surface area contributed by atoms with E-state index < -0.39 is 7.73 Å². The third kappa shape index (κ3) is 1.39. The fourth-order valence-corrected chi connectivity index (χ4v) is 2.05. The monoisotopic (exact) mass is 208 g/mol. The highest BCUT2D eigenvalue weighted by Gasteiger charge is 2.23.